The minimum Gasteiger partial charge on any atom is -0.489 e. The lowest BCUT2D eigenvalue weighted by molar-refractivity contribution is 0.303. The molecule has 94 valence electrons. The Balaban J connectivity index is 2.15. The van der Waals surface area contributed by atoms with Crippen LogP contribution < -0.4 is 10.5 Å². The first-order valence-electron chi connectivity index (χ1n) is 6.11. The van der Waals surface area contributed by atoms with Gasteiger partial charge in [0.05, 0.1) is 0 Å². The maximum absolute atomic E-state index is 5.88. The molecular formula is C16H19NO. The number of rotatable bonds is 3. The Morgan fingerprint density at radius 3 is 2.56 bits per heavy atom. The highest BCUT2D eigenvalue weighted by molar-refractivity contribution is 5.43. The lowest BCUT2D eigenvalue weighted by Crippen LogP contribution is -1.99. The molecule has 0 spiro atoms. The Labute approximate surface area is 108 Å². The second-order valence-corrected chi connectivity index (χ2v) is 4.74. The van der Waals surface area contributed by atoms with Gasteiger partial charge < -0.3 is 10.5 Å². The van der Waals surface area contributed by atoms with Crippen LogP contribution in [0.3, 0.4) is 0 Å². The van der Waals surface area contributed by atoms with Crippen molar-refractivity contribution < 1.29 is 4.74 Å². The molecule has 2 heteroatoms. The molecule has 0 radical (unpaired) electrons. The van der Waals surface area contributed by atoms with Crippen molar-refractivity contribution in [3.63, 3.8) is 0 Å². The summed E-state index contributed by atoms with van der Waals surface area (Å²) >= 11 is 0. The molecule has 2 nitrogen and oxygen atoms in total. The first-order valence-corrected chi connectivity index (χ1v) is 6.11. The third-order valence-corrected chi connectivity index (χ3v) is 3.11. The van der Waals surface area contributed by atoms with E-state index in [1.807, 2.05) is 24.3 Å². The SMILES string of the molecule is Cc1cc(C)c(C)c(OCc2cccc(N)c2)c1. The number of hydrogen-bond donors (Lipinski definition) is 1. The lowest BCUT2D eigenvalue weighted by Gasteiger charge is -2.12. The van der Waals surface area contributed by atoms with E-state index in [2.05, 4.69) is 32.9 Å². The number of nitrogens with two attached hydrogens (primary N) is 1. The van der Waals surface area contributed by atoms with Gasteiger partial charge in [0, 0.05) is 5.69 Å². The van der Waals surface area contributed by atoms with Crippen LogP contribution in [0.2, 0.25) is 0 Å². The standard InChI is InChI=1S/C16H19NO/c1-11-7-12(2)13(3)16(8-11)18-10-14-5-4-6-15(17)9-14/h4-9H,10,17H2,1-3H3. The predicted molar refractivity (Wildman–Crippen MR) is 75.8 cm³/mol. The maximum atomic E-state index is 5.88. The van der Waals surface area contributed by atoms with Crippen LogP contribution in [0.25, 0.3) is 0 Å². The zero-order valence-corrected chi connectivity index (χ0v) is 11.2. The van der Waals surface area contributed by atoms with E-state index < -0.39 is 0 Å². The zero-order chi connectivity index (χ0) is 13.1. The molecule has 2 N–H and O–H groups in total. The quantitative estimate of drug-likeness (QED) is 0.830. The third kappa shape index (κ3) is 2.83. The minimum absolute atomic E-state index is 0.550. The van der Waals surface area contributed by atoms with E-state index in [0.717, 1.165) is 17.0 Å². The number of benzene rings is 2. The molecule has 2 aromatic carbocycles. The molecule has 18 heavy (non-hydrogen) atoms. The van der Waals surface area contributed by atoms with Gasteiger partial charge in [-0.3, -0.25) is 0 Å². The molecule has 0 bridgehead atoms. The van der Waals surface area contributed by atoms with Gasteiger partial charge in [0.1, 0.15) is 12.4 Å². The summed E-state index contributed by atoms with van der Waals surface area (Å²) in [5, 5.41) is 0. The summed E-state index contributed by atoms with van der Waals surface area (Å²) in [6.07, 6.45) is 0. The third-order valence-electron chi connectivity index (χ3n) is 3.11. The normalized spacial score (nSPS) is 10.4. The van der Waals surface area contributed by atoms with Gasteiger partial charge in [-0.15, -0.1) is 0 Å². The number of anilines is 1. The van der Waals surface area contributed by atoms with Crippen molar-refractivity contribution in [3.05, 3.63) is 58.7 Å². The topological polar surface area (TPSA) is 35.2 Å². The average Bonchev–Trinajstić information content (AvgIpc) is 2.32. The summed E-state index contributed by atoms with van der Waals surface area (Å²) in [5.74, 6) is 0.954. The molecule has 2 aromatic rings. The fraction of sp³-hybridized carbons (Fsp3) is 0.250. The Kier molecular flexibility index (Phi) is 3.56. The molecule has 0 fully saturated rings. The van der Waals surface area contributed by atoms with E-state index in [1.165, 1.54) is 16.7 Å². The average molecular weight is 241 g/mol. The second-order valence-electron chi connectivity index (χ2n) is 4.74. The molecule has 0 aliphatic rings. The number of ether oxygens (including phenoxy) is 1. The zero-order valence-electron chi connectivity index (χ0n) is 11.2. The van der Waals surface area contributed by atoms with Crippen LogP contribution in [-0.2, 0) is 6.61 Å². The molecule has 0 saturated carbocycles. The van der Waals surface area contributed by atoms with E-state index in [1.54, 1.807) is 0 Å². The number of hydrogen-bond acceptors (Lipinski definition) is 2. The molecule has 0 atom stereocenters. The summed E-state index contributed by atoms with van der Waals surface area (Å²) in [6, 6.07) is 12.0. The van der Waals surface area contributed by atoms with Crippen molar-refractivity contribution >= 4 is 5.69 Å². The van der Waals surface area contributed by atoms with Crippen LogP contribution in [0, 0.1) is 20.8 Å². The molecule has 0 saturated heterocycles. The largest absolute Gasteiger partial charge is 0.489 e. The molecule has 0 unspecified atom stereocenters. The highest BCUT2D eigenvalue weighted by Crippen LogP contribution is 2.24. The summed E-state index contributed by atoms with van der Waals surface area (Å²) in [7, 11) is 0. The van der Waals surface area contributed by atoms with Gasteiger partial charge in [0.2, 0.25) is 0 Å². The first kappa shape index (κ1) is 12.5. The van der Waals surface area contributed by atoms with Crippen LogP contribution in [0.1, 0.15) is 22.3 Å². The van der Waals surface area contributed by atoms with E-state index in [4.69, 9.17) is 10.5 Å². The molecule has 0 aromatic heterocycles. The number of nitrogen functional groups attached to an aromatic ring is 1. The van der Waals surface area contributed by atoms with E-state index in [-0.39, 0.29) is 0 Å². The Hall–Kier alpha value is -1.96. The lowest BCUT2D eigenvalue weighted by atomic mass is 10.1. The highest BCUT2D eigenvalue weighted by atomic mass is 16.5. The highest BCUT2D eigenvalue weighted by Gasteiger charge is 2.04. The first-order chi connectivity index (χ1) is 8.56. The molecular weight excluding hydrogens is 222 g/mol. The van der Waals surface area contributed by atoms with Crippen LogP contribution >= 0.6 is 0 Å². The maximum Gasteiger partial charge on any atom is 0.123 e. The van der Waals surface area contributed by atoms with Crippen molar-refractivity contribution in [1.82, 2.24) is 0 Å². The molecule has 0 heterocycles. The molecule has 0 aliphatic heterocycles. The Morgan fingerprint density at radius 2 is 1.83 bits per heavy atom. The second kappa shape index (κ2) is 5.13. The number of aryl methyl sites for hydroxylation is 2. The smallest absolute Gasteiger partial charge is 0.123 e. The summed E-state index contributed by atoms with van der Waals surface area (Å²) < 4.78 is 5.88. The van der Waals surface area contributed by atoms with Gasteiger partial charge in [0.25, 0.3) is 0 Å². The van der Waals surface area contributed by atoms with Gasteiger partial charge in [0.15, 0.2) is 0 Å². The van der Waals surface area contributed by atoms with Gasteiger partial charge in [-0.05, 0) is 61.2 Å². The fourth-order valence-electron chi connectivity index (χ4n) is 1.99. The van der Waals surface area contributed by atoms with E-state index in [9.17, 15) is 0 Å². The molecule has 2 rings (SSSR count). The minimum atomic E-state index is 0.550. The predicted octanol–water partition coefficient (Wildman–Crippen LogP) is 3.77. The Morgan fingerprint density at radius 1 is 1.06 bits per heavy atom. The van der Waals surface area contributed by atoms with Gasteiger partial charge in [-0.1, -0.05) is 18.2 Å². The summed E-state index contributed by atoms with van der Waals surface area (Å²) in [5.41, 5.74) is 11.3. The van der Waals surface area contributed by atoms with E-state index in [0.29, 0.717) is 6.61 Å². The van der Waals surface area contributed by atoms with Gasteiger partial charge >= 0.3 is 0 Å². The van der Waals surface area contributed by atoms with Crippen molar-refractivity contribution in [2.75, 3.05) is 5.73 Å². The van der Waals surface area contributed by atoms with Crippen molar-refractivity contribution in [1.29, 1.82) is 0 Å². The van der Waals surface area contributed by atoms with Crippen LogP contribution in [0.5, 0.6) is 5.75 Å². The monoisotopic (exact) mass is 241 g/mol. The van der Waals surface area contributed by atoms with Crippen molar-refractivity contribution in [2.24, 2.45) is 0 Å². The van der Waals surface area contributed by atoms with Gasteiger partial charge in [-0.2, -0.15) is 0 Å². The molecule has 0 amide bonds. The summed E-state index contributed by atoms with van der Waals surface area (Å²) in [6.45, 7) is 6.83. The van der Waals surface area contributed by atoms with Crippen LogP contribution in [0.4, 0.5) is 5.69 Å². The van der Waals surface area contributed by atoms with Crippen LogP contribution in [-0.4, -0.2) is 0 Å². The molecule has 0 aliphatic carbocycles. The Bertz CT molecular complexity index is 561. The van der Waals surface area contributed by atoms with Crippen molar-refractivity contribution in [2.45, 2.75) is 27.4 Å². The van der Waals surface area contributed by atoms with E-state index >= 15 is 0 Å². The van der Waals surface area contributed by atoms with Crippen LogP contribution in [0.15, 0.2) is 36.4 Å². The van der Waals surface area contributed by atoms with Crippen molar-refractivity contribution in [3.8, 4) is 5.75 Å². The fourth-order valence-corrected chi connectivity index (χ4v) is 1.99. The summed E-state index contributed by atoms with van der Waals surface area (Å²) in [4.78, 5) is 0. The van der Waals surface area contributed by atoms with Gasteiger partial charge in [-0.25, -0.2) is 0 Å².